The Labute approximate surface area is 99.2 Å². The third kappa shape index (κ3) is 4.11. The van der Waals surface area contributed by atoms with Crippen LogP contribution in [0, 0.1) is 17.2 Å². The maximum atomic E-state index is 9.11. The van der Waals surface area contributed by atoms with Crippen LogP contribution in [0.25, 0.3) is 0 Å². The second-order valence-electron chi connectivity index (χ2n) is 4.73. The molecule has 3 heteroatoms. The Morgan fingerprint density at radius 2 is 2.19 bits per heavy atom. The van der Waals surface area contributed by atoms with E-state index in [-0.39, 0.29) is 5.92 Å². The second kappa shape index (κ2) is 7.65. The van der Waals surface area contributed by atoms with Gasteiger partial charge in [0.05, 0.1) is 18.6 Å². The van der Waals surface area contributed by atoms with E-state index in [4.69, 9.17) is 10.00 Å². The molecule has 16 heavy (non-hydrogen) atoms. The monoisotopic (exact) mass is 224 g/mol. The first-order valence-corrected chi connectivity index (χ1v) is 6.46. The van der Waals surface area contributed by atoms with Crippen LogP contribution in [0.4, 0.5) is 0 Å². The average Bonchev–Trinajstić information content (AvgIpc) is 2.30. The molecule has 0 radical (unpaired) electrons. The summed E-state index contributed by atoms with van der Waals surface area (Å²) in [6.45, 7) is 2.94. The highest BCUT2D eigenvalue weighted by Crippen LogP contribution is 2.24. The van der Waals surface area contributed by atoms with Crippen LogP contribution < -0.4 is 5.32 Å². The van der Waals surface area contributed by atoms with Gasteiger partial charge in [0, 0.05) is 19.2 Å². The number of hydrogen-bond donors (Lipinski definition) is 1. The van der Waals surface area contributed by atoms with E-state index in [1.165, 1.54) is 12.8 Å². The average molecular weight is 224 g/mol. The molecule has 3 unspecified atom stereocenters. The highest BCUT2D eigenvalue weighted by molar-refractivity contribution is 4.95. The van der Waals surface area contributed by atoms with E-state index >= 15 is 0 Å². The zero-order valence-electron chi connectivity index (χ0n) is 10.5. The van der Waals surface area contributed by atoms with Gasteiger partial charge in [-0.2, -0.15) is 5.26 Å². The smallest absolute Gasteiger partial charge is 0.0672 e. The Hall–Kier alpha value is -0.590. The molecule has 1 rings (SSSR count). The Bertz CT molecular complexity index is 218. The standard InChI is InChI=1S/C13H24N2O/c1-3-6-12(10-16-2)15-13-8-5-4-7-11(13)9-14/h11-13,15H,3-8,10H2,1-2H3. The van der Waals surface area contributed by atoms with Crippen molar-refractivity contribution in [3.05, 3.63) is 0 Å². The SMILES string of the molecule is CCCC(COC)NC1CCCCC1C#N. The van der Waals surface area contributed by atoms with Crippen molar-refractivity contribution in [2.75, 3.05) is 13.7 Å². The zero-order chi connectivity index (χ0) is 11.8. The van der Waals surface area contributed by atoms with E-state index in [1.54, 1.807) is 7.11 Å². The molecule has 3 nitrogen and oxygen atoms in total. The van der Waals surface area contributed by atoms with Crippen LogP contribution in [-0.2, 0) is 4.74 Å². The first-order valence-electron chi connectivity index (χ1n) is 6.46. The minimum atomic E-state index is 0.199. The van der Waals surface area contributed by atoms with Crippen LogP contribution in [0.1, 0.15) is 45.4 Å². The van der Waals surface area contributed by atoms with Gasteiger partial charge in [0.15, 0.2) is 0 Å². The molecule has 0 aromatic carbocycles. The fourth-order valence-corrected chi connectivity index (χ4v) is 2.55. The fraction of sp³-hybridized carbons (Fsp3) is 0.923. The Kier molecular flexibility index (Phi) is 6.44. The van der Waals surface area contributed by atoms with Crippen molar-refractivity contribution in [1.29, 1.82) is 5.26 Å². The summed E-state index contributed by atoms with van der Waals surface area (Å²) in [6.07, 6.45) is 6.94. The van der Waals surface area contributed by atoms with E-state index in [0.717, 1.165) is 32.3 Å². The van der Waals surface area contributed by atoms with Crippen molar-refractivity contribution in [2.24, 2.45) is 5.92 Å². The lowest BCUT2D eigenvalue weighted by atomic mass is 9.85. The maximum Gasteiger partial charge on any atom is 0.0672 e. The lowest BCUT2D eigenvalue weighted by molar-refractivity contribution is 0.145. The lowest BCUT2D eigenvalue weighted by Gasteiger charge is -2.31. The molecule has 0 spiro atoms. The van der Waals surface area contributed by atoms with E-state index < -0.39 is 0 Å². The Morgan fingerprint density at radius 3 is 2.81 bits per heavy atom. The van der Waals surface area contributed by atoms with Gasteiger partial charge < -0.3 is 10.1 Å². The van der Waals surface area contributed by atoms with Gasteiger partial charge >= 0.3 is 0 Å². The summed E-state index contributed by atoms with van der Waals surface area (Å²) < 4.78 is 5.22. The molecule has 1 aliphatic carbocycles. The minimum absolute atomic E-state index is 0.199. The molecule has 0 heterocycles. The van der Waals surface area contributed by atoms with Crippen molar-refractivity contribution in [3.63, 3.8) is 0 Å². The van der Waals surface area contributed by atoms with E-state index in [2.05, 4.69) is 18.3 Å². The summed E-state index contributed by atoms with van der Waals surface area (Å²) >= 11 is 0. The molecule has 0 saturated heterocycles. The normalized spacial score (nSPS) is 27.3. The summed E-state index contributed by atoms with van der Waals surface area (Å²) in [7, 11) is 1.74. The molecular weight excluding hydrogens is 200 g/mol. The van der Waals surface area contributed by atoms with Gasteiger partial charge in [0.2, 0.25) is 0 Å². The van der Waals surface area contributed by atoms with Gasteiger partial charge in [-0.05, 0) is 19.3 Å². The van der Waals surface area contributed by atoms with Crippen molar-refractivity contribution >= 4 is 0 Å². The molecule has 1 aliphatic rings. The zero-order valence-corrected chi connectivity index (χ0v) is 10.5. The quantitative estimate of drug-likeness (QED) is 0.754. The number of nitrogens with one attached hydrogen (secondary N) is 1. The largest absolute Gasteiger partial charge is 0.383 e. The first kappa shape index (κ1) is 13.5. The molecule has 0 bridgehead atoms. The molecule has 0 aromatic heterocycles. The molecule has 1 fully saturated rings. The van der Waals surface area contributed by atoms with Crippen LogP contribution >= 0.6 is 0 Å². The number of nitrogens with zero attached hydrogens (tertiary/aromatic N) is 1. The summed E-state index contributed by atoms with van der Waals surface area (Å²) in [6, 6.07) is 3.23. The van der Waals surface area contributed by atoms with Gasteiger partial charge in [-0.25, -0.2) is 0 Å². The van der Waals surface area contributed by atoms with E-state index in [1.807, 2.05) is 0 Å². The molecule has 0 aromatic rings. The third-order valence-corrected chi connectivity index (χ3v) is 3.39. The van der Waals surface area contributed by atoms with Crippen molar-refractivity contribution in [3.8, 4) is 6.07 Å². The number of ether oxygens (including phenoxy) is 1. The van der Waals surface area contributed by atoms with Crippen LogP contribution in [0.3, 0.4) is 0 Å². The molecular formula is C13H24N2O. The van der Waals surface area contributed by atoms with E-state index in [0.29, 0.717) is 12.1 Å². The summed E-state index contributed by atoms with van der Waals surface area (Å²) in [5.74, 6) is 0.199. The second-order valence-corrected chi connectivity index (χ2v) is 4.73. The summed E-state index contributed by atoms with van der Waals surface area (Å²) in [5.41, 5.74) is 0. The predicted molar refractivity (Wildman–Crippen MR) is 65.1 cm³/mol. The maximum absolute atomic E-state index is 9.11. The number of methoxy groups -OCH3 is 1. The fourth-order valence-electron chi connectivity index (χ4n) is 2.55. The number of nitriles is 1. The Balaban J connectivity index is 2.44. The van der Waals surface area contributed by atoms with Gasteiger partial charge in [-0.15, -0.1) is 0 Å². The molecule has 0 aliphatic heterocycles. The van der Waals surface area contributed by atoms with Crippen LogP contribution in [0.15, 0.2) is 0 Å². The summed E-state index contributed by atoms with van der Waals surface area (Å²) in [4.78, 5) is 0. The molecule has 92 valence electrons. The van der Waals surface area contributed by atoms with Gasteiger partial charge in [-0.1, -0.05) is 26.2 Å². The minimum Gasteiger partial charge on any atom is -0.383 e. The highest BCUT2D eigenvalue weighted by atomic mass is 16.5. The topological polar surface area (TPSA) is 45.0 Å². The van der Waals surface area contributed by atoms with E-state index in [9.17, 15) is 0 Å². The highest BCUT2D eigenvalue weighted by Gasteiger charge is 2.26. The third-order valence-electron chi connectivity index (χ3n) is 3.39. The van der Waals surface area contributed by atoms with Gasteiger partial charge in [0.1, 0.15) is 0 Å². The van der Waals surface area contributed by atoms with Crippen molar-refractivity contribution in [1.82, 2.24) is 5.32 Å². The number of hydrogen-bond acceptors (Lipinski definition) is 3. The number of rotatable bonds is 6. The molecule has 0 amide bonds. The van der Waals surface area contributed by atoms with Gasteiger partial charge in [-0.3, -0.25) is 0 Å². The lowest BCUT2D eigenvalue weighted by Crippen LogP contribution is -2.45. The van der Waals surface area contributed by atoms with Gasteiger partial charge in [0.25, 0.3) is 0 Å². The van der Waals surface area contributed by atoms with Crippen LogP contribution in [-0.4, -0.2) is 25.8 Å². The van der Waals surface area contributed by atoms with Crippen LogP contribution in [0.5, 0.6) is 0 Å². The summed E-state index contributed by atoms with van der Waals surface area (Å²) in [5, 5.41) is 12.7. The van der Waals surface area contributed by atoms with Crippen molar-refractivity contribution < 1.29 is 4.74 Å². The Morgan fingerprint density at radius 1 is 1.44 bits per heavy atom. The molecule has 1 saturated carbocycles. The van der Waals surface area contributed by atoms with Crippen LogP contribution in [0.2, 0.25) is 0 Å². The van der Waals surface area contributed by atoms with Crippen molar-refractivity contribution in [2.45, 2.75) is 57.5 Å². The predicted octanol–water partition coefficient (Wildman–Crippen LogP) is 2.47. The molecule has 3 atom stereocenters. The molecule has 1 N–H and O–H groups in total. The first-order chi connectivity index (χ1) is 7.81.